The quantitative estimate of drug-likeness (QED) is 0.671. The van der Waals surface area contributed by atoms with E-state index in [0.29, 0.717) is 11.5 Å². The van der Waals surface area contributed by atoms with Crippen LogP contribution >= 0.6 is 0 Å². The minimum Gasteiger partial charge on any atom is -0.461 e. The third-order valence-corrected chi connectivity index (χ3v) is 2.49. The normalized spacial score (nSPS) is 11.1. The minimum atomic E-state index is 0.665. The van der Waals surface area contributed by atoms with E-state index in [0.717, 1.165) is 17.0 Å². The largest absolute Gasteiger partial charge is 0.461 e. The Morgan fingerprint density at radius 2 is 2.12 bits per heavy atom. The molecule has 3 aromatic heterocycles. The maximum atomic E-state index is 5.74. The number of pyridine rings is 1. The first-order valence-electron chi connectivity index (χ1n) is 4.90. The number of rotatable bonds is 1. The zero-order valence-electron chi connectivity index (χ0n) is 8.71. The van der Waals surface area contributed by atoms with E-state index in [2.05, 4.69) is 10.2 Å². The highest BCUT2D eigenvalue weighted by Crippen LogP contribution is 2.23. The highest BCUT2D eigenvalue weighted by Gasteiger charge is 2.13. The lowest BCUT2D eigenvalue weighted by molar-refractivity contribution is 0.575. The molecule has 3 heterocycles. The first-order chi connectivity index (χ1) is 7.75. The molecular formula is C11H10N4O. The van der Waals surface area contributed by atoms with E-state index in [1.807, 2.05) is 23.5 Å². The molecule has 0 aliphatic rings. The van der Waals surface area contributed by atoms with Crippen LogP contribution in [-0.2, 0) is 0 Å². The van der Waals surface area contributed by atoms with Gasteiger partial charge in [-0.2, -0.15) is 0 Å². The Morgan fingerprint density at radius 3 is 2.88 bits per heavy atom. The van der Waals surface area contributed by atoms with Gasteiger partial charge in [0, 0.05) is 11.9 Å². The second-order valence-corrected chi connectivity index (χ2v) is 3.65. The summed E-state index contributed by atoms with van der Waals surface area (Å²) in [6.07, 6.45) is 3.42. The Bertz CT molecular complexity index is 653. The fourth-order valence-corrected chi connectivity index (χ4v) is 1.66. The standard InChI is InChI=1S/C11H10N4O/c1-7-4-5-16-10(7)11-14-13-9-3-2-8(12)6-15(9)11/h2-6H,12H2,1H3. The van der Waals surface area contributed by atoms with Gasteiger partial charge in [-0.25, -0.2) is 0 Å². The molecule has 0 amide bonds. The van der Waals surface area contributed by atoms with E-state index in [-0.39, 0.29) is 0 Å². The van der Waals surface area contributed by atoms with Crippen LogP contribution < -0.4 is 5.73 Å². The lowest BCUT2D eigenvalue weighted by Crippen LogP contribution is -1.92. The number of nitrogens with zero attached hydrogens (tertiary/aromatic N) is 3. The first kappa shape index (κ1) is 8.96. The van der Waals surface area contributed by atoms with Crippen molar-refractivity contribution in [3.63, 3.8) is 0 Å². The molecule has 3 aromatic rings. The number of hydrogen-bond acceptors (Lipinski definition) is 4. The van der Waals surface area contributed by atoms with Gasteiger partial charge < -0.3 is 10.2 Å². The van der Waals surface area contributed by atoms with Crippen LogP contribution in [0.4, 0.5) is 5.69 Å². The zero-order valence-corrected chi connectivity index (χ0v) is 8.71. The van der Waals surface area contributed by atoms with Crippen molar-refractivity contribution in [2.45, 2.75) is 6.92 Å². The summed E-state index contributed by atoms with van der Waals surface area (Å²) < 4.78 is 7.21. The van der Waals surface area contributed by atoms with Gasteiger partial charge in [0.1, 0.15) is 0 Å². The Labute approximate surface area is 91.5 Å². The Hall–Kier alpha value is -2.30. The summed E-state index contributed by atoms with van der Waals surface area (Å²) >= 11 is 0. The average molecular weight is 214 g/mol. The molecule has 0 spiro atoms. The van der Waals surface area contributed by atoms with Gasteiger partial charge in [-0.15, -0.1) is 10.2 Å². The number of hydrogen-bond donors (Lipinski definition) is 1. The third kappa shape index (κ3) is 1.18. The summed E-state index contributed by atoms with van der Waals surface area (Å²) in [6.45, 7) is 1.96. The molecule has 0 bridgehead atoms. The zero-order chi connectivity index (χ0) is 11.1. The molecule has 80 valence electrons. The fraction of sp³-hybridized carbons (Fsp3) is 0.0909. The number of anilines is 1. The number of aryl methyl sites for hydroxylation is 1. The van der Waals surface area contributed by atoms with E-state index in [4.69, 9.17) is 10.2 Å². The molecule has 2 N–H and O–H groups in total. The lowest BCUT2D eigenvalue weighted by Gasteiger charge is -1.98. The van der Waals surface area contributed by atoms with Crippen LogP contribution in [0.5, 0.6) is 0 Å². The fourth-order valence-electron chi connectivity index (χ4n) is 1.66. The molecule has 0 aliphatic carbocycles. The maximum Gasteiger partial charge on any atom is 0.204 e. The number of aromatic nitrogens is 3. The maximum absolute atomic E-state index is 5.74. The second-order valence-electron chi connectivity index (χ2n) is 3.65. The molecule has 0 aromatic carbocycles. The molecule has 0 saturated heterocycles. The van der Waals surface area contributed by atoms with Crippen molar-refractivity contribution in [2.24, 2.45) is 0 Å². The topological polar surface area (TPSA) is 69.3 Å². The van der Waals surface area contributed by atoms with Crippen molar-refractivity contribution in [3.8, 4) is 11.6 Å². The predicted octanol–water partition coefficient (Wildman–Crippen LogP) is 1.88. The van der Waals surface area contributed by atoms with Crippen LogP contribution in [0, 0.1) is 6.92 Å². The van der Waals surface area contributed by atoms with E-state index < -0.39 is 0 Å². The Balaban J connectivity index is 2.32. The van der Waals surface area contributed by atoms with Crippen LogP contribution in [0.3, 0.4) is 0 Å². The third-order valence-electron chi connectivity index (χ3n) is 2.49. The molecule has 3 rings (SSSR count). The summed E-state index contributed by atoms with van der Waals surface area (Å²) in [4.78, 5) is 0. The molecule has 0 radical (unpaired) electrons. The summed E-state index contributed by atoms with van der Waals surface area (Å²) in [5, 5.41) is 8.16. The van der Waals surface area contributed by atoms with Crippen molar-refractivity contribution < 1.29 is 4.42 Å². The van der Waals surface area contributed by atoms with E-state index >= 15 is 0 Å². The molecular weight excluding hydrogens is 204 g/mol. The van der Waals surface area contributed by atoms with Gasteiger partial charge in [0.15, 0.2) is 11.4 Å². The molecule has 16 heavy (non-hydrogen) atoms. The first-order valence-corrected chi connectivity index (χ1v) is 4.90. The van der Waals surface area contributed by atoms with Crippen LogP contribution in [-0.4, -0.2) is 14.6 Å². The number of fused-ring (bicyclic) bond motifs is 1. The van der Waals surface area contributed by atoms with E-state index in [1.165, 1.54) is 0 Å². The molecule has 0 aliphatic heterocycles. The molecule has 5 heteroatoms. The molecule has 0 atom stereocenters. The van der Waals surface area contributed by atoms with Crippen molar-refractivity contribution in [1.29, 1.82) is 0 Å². The van der Waals surface area contributed by atoms with E-state index in [1.54, 1.807) is 18.5 Å². The van der Waals surface area contributed by atoms with Crippen LogP contribution in [0.15, 0.2) is 35.1 Å². The molecule has 0 unspecified atom stereocenters. The molecule has 5 nitrogen and oxygen atoms in total. The van der Waals surface area contributed by atoms with Gasteiger partial charge in [-0.3, -0.25) is 4.40 Å². The lowest BCUT2D eigenvalue weighted by atomic mass is 10.3. The van der Waals surface area contributed by atoms with Gasteiger partial charge in [-0.1, -0.05) is 0 Å². The van der Waals surface area contributed by atoms with Crippen molar-refractivity contribution in [3.05, 3.63) is 36.2 Å². The highest BCUT2D eigenvalue weighted by atomic mass is 16.3. The van der Waals surface area contributed by atoms with Crippen molar-refractivity contribution in [1.82, 2.24) is 14.6 Å². The smallest absolute Gasteiger partial charge is 0.204 e. The van der Waals surface area contributed by atoms with Gasteiger partial charge in [0.25, 0.3) is 0 Å². The van der Waals surface area contributed by atoms with Gasteiger partial charge in [0.05, 0.1) is 6.26 Å². The van der Waals surface area contributed by atoms with Crippen LogP contribution in [0.25, 0.3) is 17.2 Å². The average Bonchev–Trinajstić information content (AvgIpc) is 2.83. The Kier molecular flexibility index (Phi) is 1.73. The number of nitrogen functional groups attached to an aromatic ring is 1. The minimum absolute atomic E-state index is 0.665. The summed E-state index contributed by atoms with van der Waals surface area (Å²) in [6, 6.07) is 5.51. The van der Waals surface area contributed by atoms with Crippen LogP contribution in [0.1, 0.15) is 5.56 Å². The van der Waals surface area contributed by atoms with Gasteiger partial charge in [-0.05, 0) is 30.7 Å². The van der Waals surface area contributed by atoms with Crippen LogP contribution in [0.2, 0.25) is 0 Å². The monoisotopic (exact) mass is 214 g/mol. The highest BCUT2D eigenvalue weighted by molar-refractivity contribution is 5.59. The SMILES string of the molecule is Cc1ccoc1-c1nnc2ccc(N)cn12. The second kappa shape index (κ2) is 3.10. The predicted molar refractivity (Wildman–Crippen MR) is 59.8 cm³/mol. The summed E-state index contributed by atoms with van der Waals surface area (Å²) in [7, 11) is 0. The number of nitrogens with two attached hydrogens (primary N) is 1. The molecule has 0 saturated carbocycles. The summed E-state index contributed by atoms with van der Waals surface area (Å²) in [5.74, 6) is 1.39. The van der Waals surface area contributed by atoms with Crippen molar-refractivity contribution >= 4 is 11.3 Å². The number of furan rings is 1. The van der Waals surface area contributed by atoms with Gasteiger partial charge >= 0.3 is 0 Å². The van der Waals surface area contributed by atoms with Crippen molar-refractivity contribution in [2.75, 3.05) is 5.73 Å². The molecule has 0 fully saturated rings. The Morgan fingerprint density at radius 1 is 1.25 bits per heavy atom. The summed E-state index contributed by atoms with van der Waals surface area (Å²) in [5.41, 5.74) is 8.18. The van der Waals surface area contributed by atoms with Gasteiger partial charge in [0.2, 0.25) is 5.82 Å². The van der Waals surface area contributed by atoms with E-state index in [9.17, 15) is 0 Å².